The molecule has 1 aliphatic rings. The maximum absolute atomic E-state index is 8.48. The number of nitrogens with zero attached hydrogens (tertiary/aromatic N) is 2. The lowest BCUT2D eigenvalue weighted by Crippen LogP contribution is -2.29. The highest BCUT2D eigenvalue weighted by atomic mass is 16.5. The summed E-state index contributed by atoms with van der Waals surface area (Å²) in [5.41, 5.74) is 1.33. The Morgan fingerprint density at radius 3 is 2.80 bits per heavy atom. The fourth-order valence-electron chi connectivity index (χ4n) is 2.61. The van der Waals surface area contributed by atoms with Crippen molar-refractivity contribution in [3.8, 4) is 11.8 Å². The second kappa shape index (κ2) is 8.60. The van der Waals surface area contributed by atoms with E-state index < -0.39 is 0 Å². The van der Waals surface area contributed by atoms with Gasteiger partial charge in [0.2, 0.25) is 0 Å². The molecule has 3 nitrogen and oxygen atoms in total. The van der Waals surface area contributed by atoms with Crippen LogP contribution in [0.5, 0.6) is 5.75 Å². The normalized spacial score (nSPS) is 15.8. The molecule has 0 aliphatic carbocycles. The van der Waals surface area contributed by atoms with Crippen molar-refractivity contribution in [2.24, 2.45) is 0 Å². The Hall–Kier alpha value is -1.53. The zero-order valence-electron chi connectivity index (χ0n) is 12.2. The molecule has 20 heavy (non-hydrogen) atoms. The lowest BCUT2D eigenvalue weighted by molar-refractivity contribution is 0.220. The van der Waals surface area contributed by atoms with Gasteiger partial charge in [-0.3, -0.25) is 4.90 Å². The number of unbranched alkanes of at least 4 members (excludes halogenated alkanes) is 2. The van der Waals surface area contributed by atoms with Crippen molar-refractivity contribution in [3.63, 3.8) is 0 Å². The standard InChI is InChI=1S/C17H24N2O/c18-10-3-1-6-13-20-17-9-7-8-16(14-17)15-19-11-4-2-5-12-19/h7-9,14H,1-6,11-13,15H2. The van der Waals surface area contributed by atoms with E-state index in [1.54, 1.807) is 0 Å². The number of nitriles is 1. The predicted octanol–water partition coefficient (Wildman–Crippen LogP) is 3.75. The summed E-state index contributed by atoms with van der Waals surface area (Å²) in [6.45, 7) is 4.18. The van der Waals surface area contributed by atoms with Gasteiger partial charge in [0.25, 0.3) is 0 Å². The number of hydrogen-bond donors (Lipinski definition) is 0. The lowest BCUT2D eigenvalue weighted by Gasteiger charge is -2.26. The van der Waals surface area contributed by atoms with E-state index in [2.05, 4.69) is 29.2 Å². The molecule has 0 aromatic heterocycles. The molecule has 2 rings (SSSR count). The number of rotatable bonds is 7. The molecule has 1 saturated heterocycles. The van der Waals surface area contributed by atoms with Crippen molar-refractivity contribution >= 4 is 0 Å². The molecule has 0 N–H and O–H groups in total. The van der Waals surface area contributed by atoms with E-state index >= 15 is 0 Å². The van der Waals surface area contributed by atoms with Gasteiger partial charge in [0, 0.05) is 13.0 Å². The number of likely N-dealkylation sites (tertiary alicyclic amines) is 1. The average molecular weight is 272 g/mol. The molecule has 108 valence electrons. The zero-order chi connectivity index (χ0) is 14.0. The Kier molecular flexibility index (Phi) is 6.40. The smallest absolute Gasteiger partial charge is 0.119 e. The molecule has 0 atom stereocenters. The fourth-order valence-corrected chi connectivity index (χ4v) is 2.61. The van der Waals surface area contributed by atoms with E-state index in [0.717, 1.165) is 25.1 Å². The topological polar surface area (TPSA) is 36.3 Å². The average Bonchev–Trinajstić information content (AvgIpc) is 2.48. The molecule has 0 radical (unpaired) electrons. The minimum atomic E-state index is 0.623. The highest BCUT2D eigenvalue weighted by molar-refractivity contribution is 5.28. The summed E-state index contributed by atoms with van der Waals surface area (Å²) in [6.07, 6.45) is 6.53. The molecule has 3 heteroatoms. The summed E-state index contributed by atoms with van der Waals surface area (Å²) in [7, 11) is 0. The quantitative estimate of drug-likeness (QED) is 0.709. The molecule has 1 aromatic rings. The van der Waals surface area contributed by atoms with E-state index in [4.69, 9.17) is 10.00 Å². The van der Waals surface area contributed by atoms with Crippen LogP contribution >= 0.6 is 0 Å². The molecule has 1 fully saturated rings. The molecule has 1 aliphatic heterocycles. The van der Waals surface area contributed by atoms with Crippen LogP contribution in [0.15, 0.2) is 24.3 Å². The van der Waals surface area contributed by atoms with Crippen LogP contribution in [-0.4, -0.2) is 24.6 Å². The summed E-state index contributed by atoms with van der Waals surface area (Å²) >= 11 is 0. The van der Waals surface area contributed by atoms with Gasteiger partial charge >= 0.3 is 0 Å². The van der Waals surface area contributed by atoms with E-state index in [-0.39, 0.29) is 0 Å². The Balaban J connectivity index is 1.76. The maximum Gasteiger partial charge on any atom is 0.119 e. The summed E-state index contributed by atoms with van der Waals surface area (Å²) < 4.78 is 5.75. The molecule has 0 saturated carbocycles. The van der Waals surface area contributed by atoms with Gasteiger partial charge in [-0.1, -0.05) is 18.6 Å². The summed E-state index contributed by atoms with van der Waals surface area (Å²) in [5.74, 6) is 0.955. The molecule has 1 heterocycles. The third-order valence-corrected chi connectivity index (χ3v) is 3.70. The first kappa shape index (κ1) is 14.9. The molecular weight excluding hydrogens is 248 g/mol. The predicted molar refractivity (Wildman–Crippen MR) is 80.5 cm³/mol. The molecule has 0 bridgehead atoms. The molecule has 0 unspecified atom stereocenters. The van der Waals surface area contributed by atoms with E-state index in [9.17, 15) is 0 Å². The van der Waals surface area contributed by atoms with Crippen LogP contribution < -0.4 is 4.74 Å². The monoisotopic (exact) mass is 272 g/mol. The van der Waals surface area contributed by atoms with Crippen LogP contribution in [0.25, 0.3) is 0 Å². The van der Waals surface area contributed by atoms with Crippen LogP contribution in [0.4, 0.5) is 0 Å². The van der Waals surface area contributed by atoms with E-state index in [1.807, 2.05) is 6.07 Å². The Morgan fingerprint density at radius 2 is 2.00 bits per heavy atom. The first-order chi connectivity index (χ1) is 9.88. The van der Waals surface area contributed by atoms with Crippen molar-refractivity contribution in [2.45, 2.75) is 45.1 Å². The third-order valence-electron chi connectivity index (χ3n) is 3.70. The van der Waals surface area contributed by atoms with Crippen molar-refractivity contribution in [2.75, 3.05) is 19.7 Å². The number of hydrogen-bond acceptors (Lipinski definition) is 3. The van der Waals surface area contributed by atoms with Crippen LogP contribution in [0.2, 0.25) is 0 Å². The van der Waals surface area contributed by atoms with E-state index in [0.29, 0.717) is 13.0 Å². The number of ether oxygens (including phenoxy) is 1. The van der Waals surface area contributed by atoms with Gasteiger partial charge in [0.05, 0.1) is 12.7 Å². The first-order valence-corrected chi connectivity index (χ1v) is 7.69. The SMILES string of the molecule is N#CCCCCOc1cccc(CN2CCCCC2)c1. The van der Waals surface area contributed by atoms with Gasteiger partial charge in [-0.15, -0.1) is 0 Å². The van der Waals surface area contributed by atoms with Crippen molar-refractivity contribution in [1.82, 2.24) is 4.90 Å². The van der Waals surface area contributed by atoms with Gasteiger partial charge in [0.15, 0.2) is 0 Å². The largest absolute Gasteiger partial charge is 0.494 e. The van der Waals surface area contributed by atoms with Gasteiger partial charge in [-0.2, -0.15) is 5.26 Å². The minimum absolute atomic E-state index is 0.623. The number of benzene rings is 1. The summed E-state index contributed by atoms with van der Waals surface area (Å²) in [6, 6.07) is 10.6. The Bertz CT molecular complexity index is 433. The molecule has 1 aromatic carbocycles. The van der Waals surface area contributed by atoms with Gasteiger partial charge in [-0.05, 0) is 56.5 Å². The van der Waals surface area contributed by atoms with Crippen molar-refractivity contribution in [1.29, 1.82) is 5.26 Å². The fraction of sp³-hybridized carbons (Fsp3) is 0.588. The first-order valence-electron chi connectivity index (χ1n) is 7.69. The molecule has 0 amide bonds. The van der Waals surface area contributed by atoms with Crippen LogP contribution in [-0.2, 0) is 6.54 Å². The lowest BCUT2D eigenvalue weighted by atomic mass is 10.1. The minimum Gasteiger partial charge on any atom is -0.494 e. The highest BCUT2D eigenvalue weighted by Gasteiger charge is 2.10. The van der Waals surface area contributed by atoms with Gasteiger partial charge in [0.1, 0.15) is 5.75 Å². The zero-order valence-corrected chi connectivity index (χ0v) is 12.2. The Morgan fingerprint density at radius 1 is 1.15 bits per heavy atom. The molecular formula is C17H24N2O. The second-order valence-corrected chi connectivity index (χ2v) is 5.45. The summed E-state index contributed by atoms with van der Waals surface area (Å²) in [4.78, 5) is 2.52. The van der Waals surface area contributed by atoms with Crippen molar-refractivity contribution in [3.05, 3.63) is 29.8 Å². The maximum atomic E-state index is 8.48. The van der Waals surface area contributed by atoms with Crippen molar-refractivity contribution < 1.29 is 4.74 Å². The third kappa shape index (κ3) is 5.22. The molecule has 0 spiro atoms. The second-order valence-electron chi connectivity index (χ2n) is 5.45. The van der Waals surface area contributed by atoms with Crippen LogP contribution in [0.1, 0.15) is 44.1 Å². The summed E-state index contributed by atoms with van der Waals surface area (Å²) in [5, 5.41) is 8.48. The van der Waals surface area contributed by atoms with E-state index in [1.165, 1.54) is 37.9 Å². The van der Waals surface area contributed by atoms with Gasteiger partial charge < -0.3 is 4.74 Å². The highest BCUT2D eigenvalue weighted by Crippen LogP contribution is 2.17. The van der Waals surface area contributed by atoms with Gasteiger partial charge in [-0.25, -0.2) is 0 Å². The number of piperidine rings is 1. The van der Waals surface area contributed by atoms with Crippen LogP contribution in [0.3, 0.4) is 0 Å². The Labute approximate surface area is 122 Å². The van der Waals surface area contributed by atoms with Crippen LogP contribution in [0, 0.1) is 11.3 Å².